The van der Waals surface area contributed by atoms with Crippen LogP contribution in [0.1, 0.15) is 121 Å². The van der Waals surface area contributed by atoms with Gasteiger partial charge in [0.25, 0.3) is 0 Å². The fourth-order valence-electron chi connectivity index (χ4n) is 0.316. The second-order valence-corrected chi connectivity index (χ2v) is 5.57. The molecule has 0 unspecified atom stereocenters. The van der Waals surface area contributed by atoms with Gasteiger partial charge in [0.1, 0.15) is 0 Å². The zero-order valence-corrected chi connectivity index (χ0v) is 28.1. The van der Waals surface area contributed by atoms with Crippen LogP contribution in [-0.2, 0) is 23.7 Å². The van der Waals surface area contributed by atoms with Gasteiger partial charge >= 0.3 is 82.8 Å². The summed E-state index contributed by atoms with van der Waals surface area (Å²) in [5.41, 5.74) is 0. The van der Waals surface area contributed by atoms with Crippen molar-refractivity contribution >= 4 is 0 Å². The van der Waals surface area contributed by atoms with Crippen LogP contribution >= 0.6 is 0 Å². The summed E-state index contributed by atoms with van der Waals surface area (Å²) >= 11 is 0.750. The molecule has 0 aliphatic carbocycles. The van der Waals surface area contributed by atoms with Gasteiger partial charge in [0.15, 0.2) is 0 Å². The summed E-state index contributed by atoms with van der Waals surface area (Å²) in [4.78, 5) is 0. The van der Waals surface area contributed by atoms with Crippen molar-refractivity contribution in [3.05, 3.63) is 27.7 Å². The van der Waals surface area contributed by atoms with Gasteiger partial charge in [-0.05, 0) is 12.8 Å². The van der Waals surface area contributed by atoms with Gasteiger partial charge in [0, 0.05) is 13.2 Å². The van der Waals surface area contributed by atoms with E-state index < -0.39 is 0 Å². The van der Waals surface area contributed by atoms with E-state index in [1.54, 1.807) is 0 Å². The molecule has 0 aliphatic heterocycles. The van der Waals surface area contributed by atoms with E-state index in [1.165, 1.54) is 25.7 Å². The summed E-state index contributed by atoms with van der Waals surface area (Å²) in [6.45, 7) is 27.7. The molecule has 0 aliphatic rings. The normalized spacial score (nSPS) is 6.90. The summed E-state index contributed by atoms with van der Waals surface area (Å²) in [5.74, 6) is 0. The van der Waals surface area contributed by atoms with Crippen LogP contribution in [0.2, 0.25) is 0 Å². The van der Waals surface area contributed by atoms with E-state index in [2.05, 4.69) is 69.2 Å². The van der Waals surface area contributed by atoms with Crippen molar-refractivity contribution in [1.29, 1.82) is 0 Å². The van der Waals surface area contributed by atoms with E-state index in [4.69, 9.17) is 13.5 Å². The van der Waals surface area contributed by atoms with Gasteiger partial charge in [0.05, 0.1) is 0 Å². The molecule has 0 heterocycles. The van der Waals surface area contributed by atoms with E-state index in [9.17, 15) is 0 Å². The average Bonchev–Trinajstić information content (AvgIpc) is 2.77. The Balaban J connectivity index is -0.0000000177. The van der Waals surface area contributed by atoms with E-state index in [-0.39, 0.29) is 62.0 Å². The molecule has 0 spiro atoms. The molecule has 182 valence electrons. The Labute approximate surface area is 253 Å². The Morgan fingerprint density at radius 2 is 0.667 bits per heavy atom. The number of unbranched alkanes of at least 4 members (excludes halogenated alkanes) is 6. The summed E-state index contributed by atoms with van der Waals surface area (Å²) < 4.78 is 8.25. The monoisotopic (exact) mass is 488 g/mol. The van der Waals surface area contributed by atoms with E-state index in [1.807, 2.05) is 0 Å². The molecule has 0 aromatic carbocycles. The van der Waals surface area contributed by atoms with Crippen molar-refractivity contribution in [2.45, 2.75) is 119 Å². The van der Waals surface area contributed by atoms with Gasteiger partial charge in [-0.15, -0.1) is 0 Å². The number of aliphatic hydroxyl groups is 2. The Bertz CT molecular complexity index is 124. The molecule has 30 heavy (non-hydrogen) atoms. The molecule has 0 radical (unpaired) electrons. The summed E-state index contributed by atoms with van der Waals surface area (Å²) in [7, 11) is 0. The van der Waals surface area contributed by atoms with Gasteiger partial charge in [-0.25, -0.2) is 0 Å². The topological polar surface area (TPSA) is 57.5 Å². The van der Waals surface area contributed by atoms with Crippen LogP contribution in [0.5, 0.6) is 0 Å². The fraction of sp³-hybridized carbons (Fsp3) is 0.833. The molecule has 0 saturated carbocycles. The molecule has 0 aromatic rings. The van der Waals surface area contributed by atoms with Crippen molar-refractivity contribution < 1.29 is 95.9 Å². The van der Waals surface area contributed by atoms with Crippen LogP contribution in [0.4, 0.5) is 0 Å². The van der Waals surface area contributed by atoms with Crippen LogP contribution in [0, 0.1) is 27.7 Å². The summed E-state index contributed by atoms with van der Waals surface area (Å²) in [5, 5.41) is 16.1. The van der Waals surface area contributed by atoms with Gasteiger partial charge in [-0.3, -0.25) is 0 Å². The zero-order chi connectivity index (χ0) is 23.9. The van der Waals surface area contributed by atoms with Crippen LogP contribution in [0.15, 0.2) is 0 Å². The third kappa shape index (κ3) is 242. The van der Waals surface area contributed by atoms with E-state index >= 15 is 0 Å². The molecule has 0 aromatic heterocycles. The minimum absolute atomic E-state index is 0. The van der Waals surface area contributed by atoms with Gasteiger partial charge in [-0.1, -0.05) is 80.1 Å². The number of hydrogen-bond acceptors (Lipinski definition) is 3. The summed E-state index contributed by atoms with van der Waals surface area (Å²) in [6, 6.07) is 0. The SMILES string of the molecule is CCCCO.CCCCO.[CH2-]CCC.[CH2-]CCC.[CH2-]CCC.[CH2-]CCC.[H-].[H-].[Na+].[Na+].[O]=[Ti]. The summed E-state index contributed by atoms with van der Waals surface area (Å²) in [6.07, 6.45) is 13.2. The second-order valence-electron chi connectivity index (χ2n) is 5.57. The van der Waals surface area contributed by atoms with Crippen LogP contribution in [0.25, 0.3) is 0 Å². The molecule has 0 bridgehead atoms. The second kappa shape index (κ2) is 108. The molecular formula is C24H58Na2O3Ti-4. The zero-order valence-electron chi connectivity index (χ0n) is 24.5. The first-order chi connectivity index (χ1) is 13.5. The first-order valence-corrected chi connectivity index (χ1v) is 11.7. The van der Waals surface area contributed by atoms with Crippen molar-refractivity contribution in [3.63, 3.8) is 0 Å². The van der Waals surface area contributed by atoms with Crippen LogP contribution in [0.3, 0.4) is 0 Å². The Morgan fingerprint density at radius 1 is 0.533 bits per heavy atom. The minimum atomic E-state index is 0. The van der Waals surface area contributed by atoms with Gasteiger partial charge in [0.2, 0.25) is 0 Å². The van der Waals surface area contributed by atoms with Crippen molar-refractivity contribution in [2.75, 3.05) is 13.2 Å². The van der Waals surface area contributed by atoms with Crippen molar-refractivity contribution in [1.82, 2.24) is 0 Å². The molecule has 0 rings (SSSR count). The standard InChI is InChI=1S/2C4H10O.4C4H9.2Na.O.Ti.2H/c2*1-2-3-4-5;4*1-3-4-2;;;;;;/h2*5H,2-4H2,1H3;4*1,3-4H2,2H3;;;;;;/q;;4*-1;2*+1;;;2*-1. The molecule has 0 saturated heterocycles. The predicted octanol–water partition coefficient (Wildman–Crippen LogP) is 2.15. The first kappa shape index (κ1) is 58.4. The maximum absolute atomic E-state index is 8.25. The third-order valence-electron chi connectivity index (χ3n) is 2.44. The molecule has 2 N–H and O–H groups in total. The average molecular weight is 489 g/mol. The maximum atomic E-state index is 8.25. The number of aliphatic hydroxyl groups excluding tert-OH is 2. The third-order valence-corrected chi connectivity index (χ3v) is 2.44. The number of rotatable bonds is 8. The Kier molecular flexibility index (Phi) is 210. The predicted molar refractivity (Wildman–Crippen MR) is 128 cm³/mol. The van der Waals surface area contributed by atoms with E-state index in [0.29, 0.717) is 13.2 Å². The molecule has 0 atom stereocenters. The molecular weight excluding hydrogens is 430 g/mol. The van der Waals surface area contributed by atoms with Crippen molar-refractivity contribution in [3.8, 4) is 0 Å². The van der Waals surface area contributed by atoms with Crippen molar-refractivity contribution in [2.24, 2.45) is 0 Å². The Hall–Kier alpha value is 2.43. The van der Waals surface area contributed by atoms with Gasteiger partial charge < -0.3 is 40.8 Å². The fourth-order valence-corrected chi connectivity index (χ4v) is 0.316. The molecule has 6 heteroatoms. The molecule has 0 fully saturated rings. The van der Waals surface area contributed by atoms with E-state index in [0.717, 1.165) is 71.8 Å². The van der Waals surface area contributed by atoms with Crippen LogP contribution in [-0.4, -0.2) is 23.4 Å². The quantitative estimate of drug-likeness (QED) is 0.407. The molecule has 0 amide bonds. The molecule has 3 nitrogen and oxygen atoms in total. The van der Waals surface area contributed by atoms with Crippen LogP contribution < -0.4 is 59.1 Å². The number of hydrogen-bond donors (Lipinski definition) is 2. The Morgan fingerprint density at radius 3 is 0.667 bits per heavy atom. The van der Waals surface area contributed by atoms with Gasteiger partial charge in [-0.2, -0.15) is 25.7 Å². The first-order valence-electron chi connectivity index (χ1n) is 11.1.